The molecule has 1 aromatic heterocycles. The zero-order valence-corrected chi connectivity index (χ0v) is 18.2. The van der Waals surface area contributed by atoms with Gasteiger partial charge in [-0.25, -0.2) is 9.37 Å². The van der Waals surface area contributed by atoms with Gasteiger partial charge >= 0.3 is 0 Å². The summed E-state index contributed by atoms with van der Waals surface area (Å²) in [5.41, 5.74) is 9.17. The molecular formula is C25H23F2N5O. The van der Waals surface area contributed by atoms with Crippen LogP contribution in [0, 0.1) is 17.7 Å². The van der Waals surface area contributed by atoms with E-state index in [1.807, 2.05) is 24.3 Å². The molecule has 3 aromatic rings. The van der Waals surface area contributed by atoms with E-state index in [-0.39, 0.29) is 34.1 Å². The second-order valence-corrected chi connectivity index (χ2v) is 9.42. The van der Waals surface area contributed by atoms with Crippen molar-refractivity contribution in [2.24, 2.45) is 5.92 Å². The Labute approximate surface area is 189 Å². The van der Waals surface area contributed by atoms with Crippen LogP contribution in [0.1, 0.15) is 27.9 Å². The second kappa shape index (κ2) is 7.05. The lowest BCUT2D eigenvalue weighted by Gasteiger charge is -2.18. The Hall–Kier alpha value is -3.39. The van der Waals surface area contributed by atoms with Gasteiger partial charge in [-0.15, -0.1) is 0 Å². The highest BCUT2D eigenvalue weighted by Gasteiger charge is 2.59. The molecule has 6 rings (SSSR count). The fourth-order valence-corrected chi connectivity index (χ4v) is 5.57. The fraction of sp³-hybridized carbons (Fsp3) is 0.320. The summed E-state index contributed by atoms with van der Waals surface area (Å²) in [5.74, 6) is -1.28. The summed E-state index contributed by atoms with van der Waals surface area (Å²) in [6.45, 7) is 2.61. The molecule has 168 valence electrons. The van der Waals surface area contributed by atoms with Gasteiger partial charge in [0.2, 0.25) is 5.95 Å². The second-order valence-electron chi connectivity index (χ2n) is 9.42. The first-order valence-corrected chi connectivity index (χ1v) is 11.1. The molecule has 2 aliphatic heterocycles. The average molecular weight is 447 g/mol. The summed E-state index contributed by atoms with van der Waals surface area (Å²) in [7, 11) is 2.13. The van der Waals surface area contributed by atoms with Crippen LogP contribution in [-0.4, -0.2) is 47.5 Å². The standard InChI is InChI=1S/C25H23F2N5O/c1-32-11-16-10-25(16,12-32)15-4-2-13(3-5-15)20-22(27)31-23(28)21(30-20)18-8-14-6-7-29-24(33)17(14)9-19(18)26/h2-5,8-9,16H,6-7,10-12H2,1H3,(H2,28,31)(H,29,33)/t16?,25-/m0/s1. The monoisotopic (exact) mass is 447 g/mol. The van der Waals surface area contributed by atoms with Crippen LogP contribution in [0.25, 0.3) is 22.5 Å². The molecule has 1 unspecified atom stereocenters. The van der Waals surface area contributed by atoms with Gasteiger partial charge < -0.3 is 16.0 Å². The average Bonchev–Trinajstić information content (AvgIpc) is 3.36. The number of likely N-dealkylation sites (N-methyl/N-ethyl adjacent to an activating group) is 1. The number of hydrogen-bond acceptors (Lipinski definition) is 5. The number of anilines is 1. The van der Waals surface area contributed by atoms with Gasteiger partial charge in [0.25, 0.3) is 5.91 Å². The molecule has 0 radical (unpaired) electrons. The number of likely N-dealkylation sites (tertiary alicyclic amines) is 1. The Balaban J connectivity index is 1.39. The van der Waals surface area contributed by atoms with E-state index >= 15 is 0 Å². The number of nitrogens with zero attached hydrogens (tertiary/aromatic N) is 3. The van der Waals surface area contributed by atoms with Crippen molar-refractivity contribution in [3.8, 4) is 22.5 Å². The van der Waals surface area contributed by atoms with Crippen molar-refractivity contribution >= 4 is 11.7 Å². The molecule has 3 N–H and O–H groups in total. The van der Waals surface area contributed by atoms with Crippen LogP contribution in [0.3, 0.4) is 0 Å². The third kappa shape index (κ3) is 3.12. The molecule has 1 amide bonds. The smallest absolute Gasteiger partial charge is 0.251 e. The number of amides is 1. The number of nitrogens with one attached hydrogen (secondary N) is 1. The predicted octanol–water partition coefficient (Wildman–Crippen LogP) is 3.16. The molecule has 1 saturated heterocycles. The topological polar surface area (TPSA) is 84.1 Å². The van der Waals surface area contributed by atoms with E-state index in [1.165, 1.54) is 18.1 Å². The van der Waals surface area contributed by atoms with E-state index in [9.17, 15) is 13.6 Å². The number of nitrogen functional groups attached to an aromatic ring is 1. The minimum absolute atomic E-state index is 0.0222. The van der Waals surface area contributed by atoms with Crippen LogP contribution in [-0.2, 0) is 11.8 Å². The van der Waals surface area contributed by atoms with Gasteiger partial charge in [-0.2, -0.15) is 9.37 Å². The number of hydrogen-bond donors (Lipinski definition) is 2. The third-order valence-corrected chi connectivity index (χ3v) is 7.30. The Kier molecular flexibility index (Phi) is 4.32. The molecule has 3 aliphatic rings. The van der Waals surface area contributed by atoms with Crippen molar-refractivity contribution in [1.29, 1.82) is 0 Å². The molecule has 2 fully saturated rings. The van der Waals surface area contributed by atoms with Crippen LogP contribution < -0.4 is 11.1 Å². The summed E-state index contributed by atoms with van der Waals surface area (Å²) >= 11 is 0. The van der Waals surface area contributed by atoms with Gasteiger partial charge in [-0.05, 0) is 49.1 Å². The Bertz CT molecular complexity index is 1310. The Morgan fingerprint density at radius 1 is 1.12 bits per heavy atom. The number of carbonyl (C=O) groups excluding carboxylic acids is 1. The zero-order chi connectivity index (χ0) is 22.9. The number of piperidine rings is 1. The number of nitrogens with two attached hydrogens (primary N) is 1. The number of aromatic nitrogens is 2. The molecule has 8 heteroatoms. The molecule has 2 aromatic carbocycles. The Morgan fingerprint density at radius 2 is 1.91 bits per heavy atom. The number of fused-ring (bicyclic) bond motifs is 2. The summed E-state index contributed by atoms with van der Waals surface area (Å²) in [4.78, 5) is 22.6. The highest BCUT2D eigenvalue weighted by molar-refractivity contribution is 5.97. The van der Waals surface area contributed by atoms with E-state index in [0.717, 1.165) is 13.1 Å². The van der Waals surface area contributed by atoms with E-state index in [1.54, 1.807) is 6.07 Å². The maximum Gasteiger partial charge on any atom is 0.251 e. The molecule has 0 bridgehead atoms. The van der Waals surface area contributed by atoms with Crippen LogP contribution in [0.15, 0.2) is 36.4 Å². The van der Waals surface area contributed by atoms with Crippen LogP contribution in [0.2, 0.25) is 0 Å². The molecule has 2 atom stereocenters. The minimum atomic E-state index is -0.801. The van der Waals surface area contributed by atoms with Crippen LogP contribution in [0.4, 0.5) is 14.6 Å². The van der Waals surface area contributed by atoms with E-state index < -0.39 is 11.8 Å². The van der Waals surface area contributed by atoms with Crippen molar-refractivity contribution in [1.82, 2.24) is 20.2 Å². The SMILES string of the molecule is CN1CC2C[C@@]2(c2ccc(-c3nc(-c4cc5c(cc4F)C(=O)NCC5)c(N)nc3F)cc2)C1. The van der Waals surface area contributed by atoms with Gasteiger partial charge in [-0.1, -0.05) is 24.3 Å². The van der Waals surface area contributed by atoms with E-state index in [2.05, 4.69) is 27.2 Å². The summed E-state index contributed by atoms with van der Waals surface area (Å²) in [6, 6.07) is 10.5. The third-order valence-electron chi connectivity index (χ3n) is 7.30. The highest BCUT2D eigenvalue weighted by Crippen LogP contribution is 2.58. The quantitative estimate of drug-likeness (QED) is 0.645. The van der Waals surface area contributed by atoms with Gasteiger partial charge in [-0.3, -0.25) is 4.79 Å². The lowest BCUT2D eigenvalue weighted by atomic mass is 9.93. The largest absolute Gasteiger partial charge is 0.382 e. The predicted molar refractivity (Wildman–Crippen MR) is 121 cm³/mol. The highest BCUT2D eigenvalue weighted by atomic mass is 19.1. The van der Waals surface area contributed by atoms with Crippen molar-refractivity contribution in [2.45, 2.75) is 18.3 Å². The first kappa shape index (κ1) is 20.2. The van der Waals surface area contributed by atoms with Gasteiger partial charge in [0, 0.05) is 41.7 Å². The lowest BCUT2D eigenvalue weighted by molar-refractivity contribution is 0.0945. The van der Waals surface area contributed by atoms with E-state index in [0.29, 0.717) is 35.6 Å². The van der Waals surface area contributed by atoms with Gasteiger partial charge in [0.05, 0.1) is 0 Å². The molecule has 33 heavy (non-hydrogen) atoms. The lowest BCUT2D eigenvalue weighted by Crippen LogP contribution is -2.32. The maximum absolute atomic E-state index is 15.0. The Morgan fingerprint density at radius 3 is 2.64 bits per heavy atom. The first-order chi connectivity index (χ1) is 15.9. The summed E-state index contributed by atoms with van der Waals surface area (Å²) in [5, 5.41) is 2.70. The fourth-order valence-electron chi connectivity index (χ4n) is 5.57. The molecule has 6 nitrogen and oxygen atoms in total. The number of benzene rings is 2. The molecular weight excluding hydrogens is 424 g/mol. The number of halogens is 2. The number of rotatable bonds is 3. The van der Waals surface area contributed by atoms with Gasteiger partial charge in [0.1, 0.15) is 17.2 Å². The van der Waals surface area contributed by atoms with Crippen molar-refractivity contribution in [2.75, 3.05) is 32.4 Å². The maximum atomic E-state index is 15.0. The number of carbonyl (C=O) groups is 1. The summed E-state index contributed by atoms with van der Waals surface area (Å²) in [6.07, 6.45) is 1.75. The molecule has 1 aliphatic carbocycles. The van der Waals surface area contributed by atoms with E-state index in [4.69, 9.17) is 5.73 Å². The molecule has 0 spiro atoms. The molecule has 3 heterocycles. The summed E-state index contributed by atoms with van der Waals surface area (Å²) < 4.78 is 29.7. The van der Waals surface area contributed by atoms with Crippen molar-refractivity contribution < 1.29 is 13.6 Å². The van der Waals surface area contributed by atoms with Crippen molar-refractivity contribution in [3.63, 3.8) is 0 Å². The first-order valence-electron chi connectivity index (χ1n) is 11.1. The molecule has 1 saturated carbocycles. The van der Waals surface area contributed by atoms with Gasteiger partial charge in [0.15, 0.2) is 5.82 Å². The normalized spacial score (nSPS) is 23.7. The van der Waals surface area contributed by atoms with Crippen LogP contribution in [0.5, 0.6) is 0 Å². The van der Waals surface area contributed by atoms with Crippen molar-refractivity contribution in [3.05, 3.63) is 64.9 Å². The van der Waals surface area contributed by atoms with Crippen LogP contribution >= 0.6 is 0 Å². The minimum Gasteiger partial charge on any atom is -0.382 e. The zero-order valence-electron chi connectivity index (χ0n) is 18.2.